The molecular weight excluding hydrogens is 386 g/mol. The molecule has 1 aromatic heterocycles. The summed E-state index contributed by atoms with van der Waals surface area (Å²) in [6, 6.07) is 20.5. The van der Waals surface area contributed by atoms with Crippen molar-refractivity contribution in [1.82, 2.24) is 14.7 Å². The van der Waals surface area contributed by atoms with Gasteiger partial charge in [0, 0.05) is 23.7 Å². The average molecular weight is 418 g/mol. The van der Waals surface area contributed by atoms with Crippen LogP contribution >= 0.6 is 0 Å². The number of likely N-dealkylation sites (tertiary alicyclic amines) is 1. The summed E-state index contributed by atoms with van der Waals surface area (Å²) in [5.41, 5.74) is 3.46. The molecule has 5 nitrogen and oxygen atoms in total. The van der Waals surface area contributed by atoms with Crippen LogP contribution in [0.1, 0.15) is 37.3 Å². The van der Waals surface area contributed by atoms with E-state index in [9.17, 15) is 4.79 Å². The lowest BCUT2D eigenvalue weighted by Gasteiger charge is -2.20. The van der Waals surface area contributed by atoms with Crippen LogP contribution in [0.15, 0.2) is 65.5 Å². The van der Waals surface area contributed by atoms with Crippen LogP contribution in [-0.4, -0.2) is 40.4 Å². The molecule has 0 spiro atoms. The molecule has 0 bridgehead atoms. The summed E-state index contributed by atoms with van der Waals surface area (Å²) in [5.74, 6) is 0.868. The van der Waals surface area contributed by atoms with Gasteiger partial charge in [-0.3, -0.25) is 4.79 Å². The smallest absolute Gasteiger partial charge is 0.270 e. The quantitative estimate of drug-likeness (QED) is 0.506. The fraction of sp³-hybridized carbons (Fsp3) is 0.385. The number of rotatable bonds is 8. The van der Waals surface area contributed by atoms with Gasteiger partial charge < -0.3 is 9.64 Å². The Balaban J connectivity index is 1.39. The number of nitrogens with zero attached hydrogens (tertiary/aromatic N) is 3. The summed E-state index contributed by atoms with van der Waals surface area (Å²) in [6.45, 7) is 7.66. The van der Waals surface area contributed by atoms with Crippen molar-refractivity contribution in [3.05, 3.63) is 82.1 Å². The molecule has 162 valence electrons. The minimum atomic E-state index is -0.0557. The second kappa shape index (κ2) is 9.92. The summed E-state index contributed by atoms with van der Waals surface area (Å²) in [4.78, 5) is 15.1. The predicted molar refractivity (Wildman–Crippen MR) is 125 cm³/mol. The van der Waals surface area contributed by atoms with E-state index in [0.717, 1.165) is 42.1 Å². The van der Waals surface area contributed by atoms with Gasteiger partial charge in [0.05, 0.1) is 18.8 Å². The van der Waals surface area contributed by atoms with E-state index in [4.69, 9.17) is 4.74 Å². The number of aryl methyl sites for hydroxylation is 1. The van der Waals surface area contributed by atoms with Gasteiger partial charge in [0.15, 0.2) is 0 Å². The molecule has 0 radical (unpaired) electrons. The third-order valence-electron chi connectivity index (χ3n) is 6.03. The summed E-state index contributed by atoms with van der Waals surface area (Å²) in [7, 11) is 0. The van der Waals surface area contributed by atoms with Crippen LogP contribution < -0.4 is 10.3 Å². The monoisotopic (exact) mass is 417 g/mol. The Labute approximate surface area is 184 Å². The van der Waals surface area contributed by atoms with Gasteiger partial charge in [-0.25, -0.2) is 4.68 Å². The second-order valence-electron chi connectivity index (χ2n) is 8.41. The normalized spacial score (nSPS) is 16.5. The molecule has 4 rings (SSSR count). The number of ether oxygens (including phenoxy) is 1. The molecule has 2 aromatic carbocycles. The maximum Gasteiger partial charge on any atom is 0.270 e. The number of hydrogen-bond acceptors (Lipinski definition) is 4. The molecule has 31 heavy (non-hydrogen) atoms. The maximum atomic E-state index is 12.6. The van der Waals surface area contributed by atoms with Crippen molar-refractivity contribution in [1.29, 1.82) is 0 Å². The van der Waals surface area contributed by atoms with E-state index in [1.54, 1.807) is 4.68 Å². The topological polar surface area (TPSA) is 47.4 Å². The van der Waals surface area contributed by atoms with Gasteiger partial charge in [-0.1, -0.05) is 30.3 Å². The molecule has 5 heteroatoms. The lowest BCUT2D eigenvalue weighted by molar-refractivity contribution is 0.230. The molecular formula is C26H31N3O2. The van der Waals surface area contributed by atoms with E-state index in [0.29, 0.717) is 18.2 Å². The Morgan fingerprint density at radius 3 is 2.58 bits per heavy atom. The fourth-order valence-electron chi connectivity index (χ4n) is 4.18. The van der Waals surface area contributed by atoms with Crippen molar-refractivity contribution >= 4 is 0 Å². The fourth-order valence-corrected chi connectivity index (χ4v) is 4.18. The third kappa shape index (κ3) is 5.42. The lowest BCUT2D eigenvalue weighted by atomic mass is 10.1. The molecule has 1 atom stereocenters. The molecule has 1 aliphatic heterocycles. The molecule has 0 amide bonds. The van der Waals surface area contributed by atoms with Crippen LogP contribution in [0, 0.1) is 6.92 Å². The molecule has 1 aliphatic rings. The van der Waals surface area contributed by atoms with Gasteiger partial charge in [-0.15, -0.1) is 0 Å². The molecule has 2 heterocycles. The molecule has 1 unspecified atom stereocenters. The Bertz CT molecular complexity index is 1040. The first-order chi connectivity index (χ1) is 15.1. The van der Waals surface area contributed by atoms with Crippen LogP contribution in [0.5, 0.6) is 5.75 Å². The van der Waals surface area contributed by atoms with E-state index < -0.39 is 0 Å². The maximum absolute atomic E-state index is 12.6. The molecule has 0 N–H and O–H groups in total. The summed E-state index contributed by atoms with van der Waals surface area (Å²) >= 11 is 0. The first-order valence-electron chi connectivity index (χ1n) is 11.2. The first-order valence-corrected chi connectivity index (χ1v) is 11.2. The highest BCUT2D eigenvalue weighted by atomic mass is 16.5. The Morgan fingerprint density at radius 1 is 1.10 bits per heavy atom. The van der Waals surface area contributed by atoms with E-state index in [-0.39, 0.29) is 5.56 Å². The largest absolute Gasteiger partial charge is 0.494 e. The van der Waals surface area contributed by atoms with Gasteiger partial charge in [-0.05, 0) is 75.5 Å². The highest BCUT2D eigenvalue weighted by Gasteiger charge is 2.19. The van der Waals surface area contributed by atoms with Crippen LogP contribution in [0.25, 0.3) is 11.3 Å². The van der Waals surface area contributed by atoms with Crippen LogP contribution in [0.3, 0.4) is 0 Å². The zero-order valence-electron chi connectivity index (χ0n) is 18.5. The van der Waals surface area contributed by atoms with Crippen molar-refractivity contribution in [2.75, 3.05) is 19.7 Å². The Kier molecular flexibility index (Phi) is 6.82. The van der Waals surface area contributed by atoms with Crippen molar-refractivity contribution < 1.29 is 4.74 Å². The highest BCUT2D eigenvalue weighted by molar-refractivity contribution is 5.60. The molecule has 1 fully saturated rings. The van der Waals surface area contributed by atoms with Crippen molar-refractivity contribution in [3.63, 3.8) is 0 Å². The molecule has 0 aliphatic carbocycles. The van der Waals surface area contributed by atoms with Gasteiger partial charge >= 0.3 is 0 Å². The average Bonchev–Trinajstić information content (AvgIpc) is 3.20. The van der Waals surface area contributed by atoms with Crippen LogP contribution in [-0.2, 0) is 6.54 Å². The second-order valence-corrected chi connectivity index (χ2v) is 8.41. The predicted octanol–water partition coefficient (Wildman–Crippen LogP) is 4.52. The summed E-state index contributed by atoms with van der Waals surface area (Å²) < 4.78 is 7.48. The van der Waals surface area contributed by atoms with Crippen LogP contribution in [0.2, 0.25) is 0 Å². The minimum Gasteiger partial charge on any atom is -0.494 e. The number of aromatic nitrogens is 2. The van der Waals surface area contributed by atoms with E-state index in [2.05, 4.69) is 16.9 Å². The zero-order valence-corrected chi connectivity index (χ0v) is 18.5. The zero-order chi connectivity index (χ0) is 21.6. The van der Waals surface area contributed by atoms with Crippen molar-refractivity contribution in [3.8, 4) is 17.0 Å². The van der Waals surface area contributed by atoms with Gasteiger partial charge in [0.1, 0.15) is 5.75 Å². The van der Waals surface area contributed by atoms with E-state index in [1.165, 1.54) is 19.4 Å². The molecule has 3 aromatic rings. The van der Waals surface area contributed by atoms with Gasteiger partial charge in [-0.2, -0.15) is 5.10 Å². The van der Waals surface area contributed by atoms with E-state index >= 15 is 0 Å². The molecule has 0 saturated carbocycles. The lowest BCUT2D eigenvalue weighted by Crippen LogP contribution is -2.28. The number of hydrogen-bond donors (Lipinski definition) is 0. The first kappa shape index (κ1) is 21.3. The van der Waals surface area contributed by atoms with Crippen LogP contribution in [0.4, 0.5) is 0 Å². The van der Waals surface area contributed by atoms with Gasteiger partial charge in [0.25, 0.3) is 5.56 Å². The minimum absolute atomic E-state index is 0.0557. The highest BCUT2D eigenvalue weighted by Crippen LogP contribution is 2.21. The number of benzene rings is 2. The Hall–Kier alpha value is -2.92. The van der Waals surface area contributed by atoms with Crippen molar-refractivity contribution in [2.45, 2.75) is 45.7 Å². The summed E-state index contributed by atoms with van der Waals surface area (Å²) in [5, 5.41) is 4.61. The van der Waals surface area contributed by atoms with E-state index in [1.807, 2.05) is 67.6 Å². The van der Waals surface area contributed by atoms with Crippen molar-refractivity contribution in [2.24, 2.45) is 0 Å². The van der Waals surface area contributed by atoms with Gasteiger partial charge in [0.2, 0.25) is 0 Å². The standard InChI is InChI=1S/C26H31N3O2/c1-20-18-25(27-29(26(20)30)19-22-9-4-3-5-10-22)23-11-13-24(14-12-23)31-17-7-16-28-15-6-8-21(28)2/h3-5,9-14,18,21H,6-8,15-17,19H2,1-2H3. The molecule has 1 saturated heterocycles. The third-order valence-corrected chi connectivity index (χ3v) is 6.03. The summed E-state index contributed by atoms with van der Waals surface area (Å²) in [6.07, 6.45) is 3.67. The SMILES string of the molecule is Cc1cc(-c2ccc(OCCCN3CCCC3C)cc2)nn(Cc2ccccc2)c1=O. The Morgan fingerprint density at radius 2 is 1.87 bits per heavy atom.